The van der Waals surface area contributed by atoms with Crippen molar-refractivity contribution in [3.63, 3.8) is 0 Å². The number of amides is 1. The van der Waals surface area contributed by atoms with Crippen molar-refractivity contribution in [2.45, 2.75) is 61.0 Å². The van der Waals surface area contributed by atoms with Crippen LogP contribution < -0.4 is 10.0 Å². The standard InChI is InChI=1S/C36H37N5O6S2/c1-24-10-16-31(17-11-24)49(44,45)41-32(18-25-6-3-2-4-7-25)34(43)39-29-9-5-8-28(19-29)35-46-30(22-48-36-37-23-38-40-36)20-33(47-35)27-14-12-26(21-42)13-15-27/h2-17,19,23,30,32-33,35,41-42H,18,20-22H2,1H3,(H,39,43)(H,37,38,40)/t30-,32+,33+,35?/m0/s1. The van der Waals surface area contributed by atoms with Gasteiger partial charge in [-0.25, -0.2) is 13.4 Å². The molecule has 1 aliphatic rings. The monoisotopic (exact) mass is 699 g/mol. The number of ether oxygens (including phenoxy) is 2. The van der Waals surface area contributed by atoms with Crippen molar-refractivity contribution in [3.8, 4) is 0 Å². The topological polar surface area (TPSA) is 156 Å². The fraction of sp³-hybridized carbons (Fsp3) is 0.250. The maximum atomic E-state index is 13.8. The molecule has 1 saturated heterocycles. The summed E-state index contributed by atoms with van der Waals surface area (Å²) in [7, 11) is -4.00. The summed E-state index contributed by atoms with van der Waals surface area (Å²) in [4.78, 5) is 18.0. The zero-order valence-electron chi connectivity index (χ0n) is 26.7. The summed E-state index contributed by atoms with van der Waals surface area (Å²) >= 11 is 1.50. The molecule has 0 spiro atoms. The number of anilines is 1. The van der Waals surface area contributed by atoms with Gasteiger partial charge >= 0.3 is 0 Å². The molecule has 1 fully saturated rings. The Kier molecular flexibility index (Phi) is 11.2. The van der Waals surface area contributed by atoms with E-state index in [1.807, 2.05) is 67.6 Å². The summed E-state index contributed by atoms with van der Waals surface area (Å²) in [5.74, 6) is 0.0873. The van der Waals surface area contributed by atoms with Crippen molar-refractivity contribution in [1.29, 1.82) is 0 Å². The molecule has 2 heterocycles. The molecule has 1 aliphatic heterocycles. The van der Waals surface area contributed by atoms with Gasteiger partial charge in [-0.1, -0.05) is 96.2 Å². The normalized spacial score (nSPS) is 18.5. The number of aromatic nitrogens is 3. The molecular formula is C36H37N5O6S2. The fourth-order valence-electron chi connectivity index (χ4n) is 5.46. The van der Waals surface area contributed by atoms with Gasteiger partial charge in [-0.2, -0.15) is 9.82 Å². The maximum absolute atomic E-state index is 13.8. The van der Waals surface area contributed by atoms with Gasteiger partial charge in [0.15, 0.2) is 11.4 Å². The molecule has 1 aromatic heterocycles. The number of carbonyl (C=O) groups excluding carboxylic acids is 1. The lowest BCUT2D eigenvalue weighted by atomic mass is 10.0. The summed E-state index contributed by atoms with van der Waals surface area (Å²) in [5, 5.41) is 19.9. The van der Waals surface area contributed by atoms with Crippen molar-refractivity contribution in [2.24, 2.45) is 0 Å². The summed E-state index contributed by atoms with van der Waals surface area (Å²) in [6, 6.07) is 29.4. The number of hydrogen-bond acceptors (Lipinski definition) is 9. The first-order valence-electron chi connectivity index (χ1n) is 15.8. The Labute approximate surface area is 289 Å². The van der Waals surface area contributed by atoms with Crippen LogP contribution in [-0.4, -0.2) is 52.5 Å². The molecule has 1 amide bonds. The van der Waals surface area contributed by atoms with E-state index < -0.39 is 28.3 Å². The number of sulfonamides is 1. The van der Waals surface area contributed by atoms with Gasteiger partial charge in [0.2, 0.25) is 15.9 Å². The van der Waals surface area contributed by atoms with Gasteiger partial charge < -0.3 is 19.9 Å². The van der Waals surface area contributed by atoms with Crippen molar-refractivity contribution in [1.82, 2.24) is 19.9 Å². The highest BCUT2D eigenvalue weighted by Gasteiger charge is 2.33. The van der Waals surface area contributed by atoms with Crippen molar-refractivity contribution < 1.29 is 27.8 Å². The number of benzene rings is 4. The first-order chi connectivity index (χ1) is 23.8. The molecule has 0 radical (unpaired) electrons. The fourth-order valence-corrected chi connectivity index (χ4v) is 7.45. The van der Waals surface area contributed by atoms with E-state index in [1.54, 1.807) is 30.3 Å². The molecule has 4 N–H and O–H groups in total. The van der Waals surface area contributed by atoms with Gasteiger partial charge in [0, 0.05) is 23.4 Å². The third-order valence-electron chi connectivity index (χ3n) is 8.07. The van der Waals surface area contributed by atoms with Crippen LogP contribution in [0.5, 0.6) is 0 Å². The number of thioether (sulfide) groups is 1. The minimum absolute atomic E-state index is 0.0495. The van der Waals surface area contributed by atoms with E-state index in [1.165, 1.54) is 30.2 Å². The van der Waals surface area contributed by atoms with Crippen LogP contribution in [0.3, 0.4) is 0 Å². The average Bonchev–Trinajstić information content (AvgIpc) is 3.65. The van der Waals surface area contributed by atoms with E-state index in [0.29, 0.717) is 28.6 Å². The van der Waals surface area contributed by atoms with Crippen molar-refractivity contribution >= 4 is 33.4 Å². The number of aromatic amines is 1. The van der Waals surface area contributed by atoms with Gasteiger partial charge in [-0.15, -0.1) is 0 Å². The smallest absolute Gasteiger partial charge is 0.242 e. The number of hydrogen-bond donors (Lipinski definition) is 4. The quantitative estimate of drug-likeness (QED) is 0.117. The Morgan fingerprint density at radius 2 is 1.73 bits per heavy atom. The van der Waals surface area contributed by atoms with E-state index in [-0.39, 0.29) is 30.1 Å². The largest absolute Gasteiger partial charge is 0.392 e. The Balaban J connectivity index is 1.21. The second kappa shape index (κ2) is 15.9. The van der Waals surface area contributed by atoms with E-state index >= 15 is 0 Å². The van der Waals surface area contributed by atoms with E-state index in [4.69, 9.17) is 9.47 Å². The van der Waals surface area contributed by atoms with E-state index in [0.717, 1.165) is 22.3 Å². The molecule has 0 saturated carbocycles. The van der Waals surface area contributed by atoms with Gasteiger partial charge in [0.1, 0.15) is 12.4 Å². The average molecular weight is 700 g/mol. The van der Waals surface area contributed by atoms with Crippen LogP contribution in [-0.2, 0) is 37.3 Å². The van der Waals surface area contributed by atoms with Gasteiger partial charge in [-0.05, 0) is 54.3 Å². The molecule has 49 heavy (non-hydrogen) atoms. The highest BCUT2D eigenvalue weighted by molar-refractivity contribution is 7.99. The highest BCUT2D eigenvalue weighted by Crippen LogP contribution is 2.39. The number of aliphatic hydroxyl groups excluding tert-OH is 1. The number of nitrogens with zero attached hydrogens (tertiary/aromatic N) is 2. The van der Waals surface area contributed by atoms with Crippen LogP contribution in [0.4, 0.5) is 5.69 Å². The lowest BCUT2D eigenvalue weighted by Gasteiger charge is -2.36. The molecule has 5 aromatic rings. The number of rotatable bonds is 13. The van der Waals surface area contributed by atoms with Crippen LogP contribution >= 0.6 is 11.8 Å². The first-order valence-corrected chi connectivity index (χ1v) is 18.2. The Morgan fingerprint density at radius 1 is 0.959 bits per heavy atom. The molecule has 0 aliphatic carbocycles. The summed E-state index contributed by atoms with van der Waals surface area (Å²) < 4.78 is 42.2. The predicted molar refractivity (Wildman–Crippen MR) is 186 cm³/mol. The molecule has 254 valence electrons. The van der Waals surface area contributed by atoms with Crippen LogP contribution in [0.15, 0.2) is 120 Å². The SMILES string of the molecule is Cc1ccc(S(=O)(=O)N[C@H](Cc2ccccc2)C(=O)Nc2cccc(C3O[C@H](CSc4ncn[nH]4)C[C@H](c4ccc(CO)cc4)O3)c2)cc1. The predicted octanol–water partition coefficient (Wildman–Crippen LogP) is 5.47. The van der Waals surface area contributed by atoms with Crippen LogP contribution in [0.25, 0.3) is 0 Å². The van der Waals surface area contributed by atoms with E-state index in [9.17, 15) is 18.3 Å². The minimum atomic E-state index is -4.00. The third kappa shape index (κ3) is 9.21. The van der Waals surface area contributed by atoms with Crippen molar-refractivity contribution in [3.05, 3.63) is 137 Å². The second-order valence-corrected chi connectivity index (χ2v) is 14.5. The zero-order chi connectivity index (χ0) is 34.2. The second-order valence-electron chi connectivity index (χ2n) is 11.7. The number of H-pyrrole nitrogens is 1. The Hall–Kier alpha value is -4.37. The van der Waals surface area contributed by atoms with Crippen LogP contribution in [0, 0.1) is 6.92 Å². The van der Waals surface area contributed by atoms with Gasteiger partial charge in [0.25, 0.3) is 0 Å². The van der Waals surface area contributed by atoms with Gasteiger partial charge in [-0.3, -0.25) is 9.89 Å². The molecule has 6 rings (SSSR count). The van der Waals surface area contributed by atoms with Gasteiger partial charge in [0.05, 0.1) is 23.7 Å². The molecule has 4 atom stereocenters. The molecule has 13 heteroatoms. The molecule has 1 unspecified atom stereocenters. The zero-order valence-corrected chi connectivity index (χ0v) is 28.4. The Morgan fingerprint density at radius 3 is 2.45 bits per heavy atom. The summed E-state index contributed by atoms with van der Waals surface area (Å²) in [6.45, 7) is 1.83. The molecule has 4 aromatic carbocycles. The third-order valence-corrected chi connectivity index (χ3v) is 10.6. The number of nitrogens with one attached hydrogen (secondary N) is 3. The Bertz CT molecular complexity index is 1930. The lowest BCUT2D eigenvalue weighted by molar-refractivity contribution is -0.245. The van der Waals surface area contributed by atoms with E-state index in [2.05, 4.69) is 25.2 Å². The number of carbonyl (C=O) groups is 1. The number of aliphatic hydroxyl groups is 1. The van der Waals surface area contributed by atoms with Crippen LogP contribution in [0.1, 0.15) is 46.6 Å². The maximum Gasteiger partial charge on any atom is 0.242 e. The number of aryl methyl sites for hydroxylation is 1. The molecule has 0 bridgehead atoms. The van der Waals surface area contributed by atoms with Crippen LogP contribution in [0.2, 0.25) is 0 Å². The first kappa shape index (κ1) is 34.5. The minimum Gasteiger partial charge on any atom is -0.392 e. The summed E-state index contributed by atoms with van der Waals surface area (Å²) in [6.07, 6.45) is 0.938. The van der Waals surface area contributed by atoms with Crippen molar-refractivity contribution in [2.75, 3.05) is 11.1 Å². The summed E-state index contributed by atoms with van der Waals surface area (Å²) in [5.41, 5.74) is 4.64. The lowest BCUT2D eigenvalue weighted by Crippen LogP contribution is -2.45. The highest BCUT2D eigenvalue weighted by atomic mass is 32.2. The molecule has 11 nitrogen and oxygen atoms in total. The molecular weight excluding hydrogens is 663 g/mol.